The van der Waals surface area contributed by atoms with E-state index in [0.29, 0.717) is 8.47 Å². The summed E-state index contributed by atoms with van der Waals surface area (Å²) in [5, 5.41) is 19.6. The number of nitrogens with zero attached hydrogens (tertiary/aromatic N) is 1. The molecule has 3 N–H and O–H groups in total. The van der Waals surface area contributed by atoms with E-state index in [1.54, 1.807) is 22.6 Å². The summed E-state index contributed by atoms with van der Waals surface area (Å²) in [7, 11) is 0. The van der Waals surface area contributed by atoms with E-state index >= 15 is 0 Å². The maximum atomic E-state index is 12.9. The van der Waals surface area contributed by atoms with Crippen molar-refractivity contribution in [1.29, 1.82) is 0 Å². The Bertz CT molecular complexity index is 536. The van der Waals surface area contributed by atoms with Gasteiger partial charge in [-0.2, -0.15) is 0 Å². The van der Waals surface area contributed by atoms with Crippen LogP contribution in [0.5, 0.6) is 0 Å². The van der Waals surface area contributed by atoms with E-state index in [0.717, 1.165) is 6.07 Å². The van der Waals surface area contributed by atoms with Crippen molar-refractivity contribution in [3.63, 3.8) is 0 Å². The van der Waals surface area contributed by atoms with Gasteiger partial charge in [0.1, 0.15) is 18.9 Å². The molecule has 0 atom stereocenters. The lowest BCUT2D eigenvalue weighted by Gasteiger charge is -2.19. The summed E-state index contributed by atoms with van der Waals surface area (Å²) in [6.45, 7) is -1.51. The molecule has 0 saturated carbocycles. The van der Waals surface area contributed by atoms with Crippen LogP contribution in [0.2, 0.25) is 0 Å². The second kappa shape index (κ2) is 7.03. The number of carbonyl (C=O) groups is 3. The van der Waals surface area contributed by atoms with Gasteiger partial charge in [-0.05, 0) is 40.8 Å². The molecule has 0 spiro atoms. The quantitative estimate of drug-likeness (QED) is 0.653. The second-order valence-electron chi connectivity index (χ2n) is 3.70. The van der Waals surface area contributed by atoms with Gasteiger partial charge in [0, 0.05) is 3.57 Å². The zero-order valence-electron chi connectivity index (χ0n) is 9.97. The van der Waals surface area contributed by atoms with Crippen molar-refractivity contribution in [2.75, 3.05) is 18.4 Å². The first-order valence-corrected chi connectivity index (χ1v) is 6.32. The number of anilines is 1. The third kappa shape index (κ3) is 4.99. The molecule has 20 heavy (non-hydrogen) atoms. The zero-order valence-corrected chi connectivity index (χ0v) is 12.1. The average molecular weight is 396 g/mol. The Labute approximate surface area is 126 Å². The predicted octanol–water partition coefficient (Wildman–Crippen LogP) is 1.43. The zero-order chi connectivity index (χ0) is 15.3. The van der Waals surface area contributed by atoms with Crippen LogP contribution in [-0.4, -0.2) is 46.2 Å². The molecule has 0 heterocycles. The molecule has 1 rings (SSSR count). The van der Waals surface area contributed by atoms with E-state index in [-0.39, 0.29) is 5.69 Å². The topological polar surface area (TPSA) is 107 Å². The lowest BCUT2D eigenvalue weighted by Crippen LogP contribution is -2.42. The Kier molecular flexibility index (Phi) is 5.67. The third-order valence-electron chi connectivity index (χ3n) is 2.11. The minimum Gasteiger partial charge on any atom is -0.480 e. The highest BCUT2D eigenvalue weighted by Crippen LogP contribution is 2.19. The Morgan fingerprint density at radius 1 is 1.20 bits per heavy atom. The number of carboxylic acid groups (broad SMARTS) is 2. The van der Waals surface area contributed by atoms with Gasteiger partial charge in [0.05, 0.1) is 5.69 Å². The Balaban J connectivity index is 2.84. The fourth-order valence-corrected chi connectivity index (χ4v) is 1.92. The molecular formula is C11H10FIN2O5. The molecule has 0 saturated heterocycles. The van der Waals surface area contributed by atoms with Crippen LogP contribution in [-0.2, 0) is 9.59 Å². The van der Waals surface area contributed by atoms with E-state index < -0.39 is 36.9 Å². The molecule has 0 aliphatic heterocycles. The van der Waals surface area contributed by atoms with Crippen molar-refractivity contribution in [3.8, 4) is 0 Å². The van der Waals surface area contributed by atoms with E-state index in [9.17, 15) is 18.8 Å². The first-order valence-electron chi connectivity index (χ1n) is 5.24. The highest BCUT2D eigenvalue weighted by atomic mass is 127. The van der Waals surface area contributed by atoms with Crippen LogP contribution in [0.3, 0.4) is 0 Å². The van der Waals surface area contributed by atoms with Crippen LogP contribution in [0, 0.1) is 9.39 Å². The summed E-state index contributed by atoms with van der Waals surface area (Å²) in [6, 6.07) is 2.71. The Morgan fingerprint density at radius 2 is 1.75 bits per heavy atom. The normalized spacial score (nSPS) is 9.90. The number of aliphatic carboxylic acids is 2. The molecule has 2 amide bonds. The highest BCUT2D eigenvalue weighted by Gasteiger charge is 2.20. The highest BCUT2D eigenvalue weighted by molar-refractivity contribution is 14.1. The van der Waals surface area contributed by atoms with E-state index in [4.69, 9.17) is 10.2 Å². The van der Waals surface area contributed by atoms with Crippen LogP contribution in [0.4, 0.5) is 14.9 Å². The molecular weight excluding hydrogens is 386 g/mol. The molecule has 0 aromatic heterocycles. The van der Waals surface area contributed by atoms with Gasteiger partial charge >= 0.3 is 18.0 Å². The van der Waals surface area contributed by atoms with Crippen molar-refractivity contribution in [2.45, 2.75) is 0 Å². The van der Waals surface area contributed by atoms with Crippen molar-refractivity contribution in [2.24, 2.45) is 0 Å². The molecule has 0 aliphatic rings. The van der Waals surface area contributed by atoms with Crippen LogP contribution < -0.4 is 5.32 Å². The SMILES string of the molecule is O=C(O)CN(CC(=O)O)C(=O)Nc1ccc(F)cc1I. The van der Waals surface area contributed by atoms with Crippen molar-refractivity contribution < 1.29 is 29.0 Å². The molecule has 0 radical (unpaired) electrons. The summed E-state index contributed by atoms with van der Waals surface area (Å²) >= 11 is 1.79. The van der Waals surface area contributed by atoms with Gasteiger partial charge in [-0.25, -0.2) is 9.18 Å². The lowest BCUT2D eigenvalue weighted by molar-refractivity contribution is -0.140. The number of carboxylic acids is 2. The molecule has 108 valence electrons. The summed E-state index contributed by atoms with van der Waals surface area (Å²) in [4.78, 5) is 33.6. The lowest BCUT2D eigenvalue weighted by atomic mass is 10.3. The fourth-order valence-electron chi connectivity index (χ4n) is 1.31. The van der Waals surface area contributed by atoms with Gasteiger partial charge in [-0.1, -0.05) is 0 Å². The van der Waals surface area contributed by atoms with Crippen molar-refractivity contribution >= 4 is 46.2 Å². The predicted molar refractivity (Wildman–Crippen MR) is 75.0 cm³/mol. The number of hydrogen-bond donors (Lipinski definition) is 3. The maximum absolute atomic E-state index is 12.9. The molecule has 0 bridgehead atoms. The number of amides is 2. The second-order valence-corrected chi connectivity index (χ2v) is 4.86. The number of carbonyl (C=O) groups excluding carboxylic acids is 1. The molecule has 1 aromatic rings. The Hall–Kier alpha value is -1.91. The molecule has 7 nitrogen and oxygen atoms in total. The van der Waals surface area contributed by atoms with Gasteiger partial charge in [0.15, 0.2) is 0 Å². The molecule has 0 fully saturated rings. The number of hydrogen-bond acceptors (Lipinski definition) is 3. The monoisotopic (exact) mass is 396 g/mol. The molecule has 9 heteroatoms. The van der Waals surface area contributed by atoms with E-state index in [2.05, 4.69) is 5.32 Å². The minimum absolute atomic E-state index is 0.262. The van der Waals surface area contributed by atoms with Crippen molar-refractivity contribution in [3.05, 3.63) is 27.6 Å². The molecule has 0 aliphatic carbocycles. The number of nitrogens with one attached hydrogen (secondary N) is 1. The molecule has 1 aromatic carbocycles. The summed E-state index contributed by atoms with van der Waals surface area (Å²) in [6.07, 6.45) is 0. The summed E-state index contributed by atoms with van der Waals surface area (Å²) < 4.78 is 13.3. The maximum Gasteiger partial charge on any atom is 0.323 e. The van der Waals surface area contributed by atoms with Crippen molar-refractivity contribution in [1.82, 2.24) is 4.90 Å². The number of urea groups is 1. The molecule has 0 unspecified atom stereocenters. The fraction of sp³-hybridized carbons (Fsp3) is 0.182. The van der Waals surface area contributed by atoms with Gasteiger partial charge in [0.2, 0.25) is 0 Å². The minimum atomic E-state index is -1.34. The largest absolute Gasteiger partial charge is 0.480 e. The smallest absolute Gasteiger partial charge is 0.323 e. The van der Waals surface area contributed by atoms with E-state index in [1.165, 1.54) is 12.1 Å². The standard InChI is InChI=1S/C11H10FIN2O5/c12-6-1-2-8(7(13)3-6)14-11(20)15(4-9(16)17)5-10(18)19/h1-3H,4-5H2,(H,14,20)(H,16,17)(H,18,19). The van der Waals surface area contributed by atoms with Gasteiger partial charge in [0.25, 0.3) is 0 Å². The van der Waals surface area contributed by atoms with Crippen LogP contribution in [0.15, 0.2) is 18.2 Å². The number of benzene rings is 1. The number of halogens is 2. The van der Waals surface area contributed by atoms with Gasteiger partial charge in [-0.15, -0.1) is 0 Å². The number of rotatable bonds is 5. The van der Waals surface area contributed by atoms with E-state index in [1.807, 2.05) is 0 Å². The summed E-state index contributed by atoms with van der Waals surface area (Å²) in [5.41, 5.74) is 0.262. The average Bonchev–Trinajstić information content (AvgIpc) is 2.30. The third-order valence-corrected chi connectivity index (χ3v) is 3.00. The van der Waals surface area contributed by atoms with Crippen LogP contribution in [0.25, 0.3) is 0 Å². The van der Waals surface area contributed by atoms with Crippen LogP contribution in [0.1, 0.15) is 0 Å². The summed E-state index contributed by atoms with van der Waals surface area (Å²) in [5.74, 6) is -3.16. The Morgan fingerprint density at radius 3 is 2.20 bits per heavy atom. The van der Waals surface area contributed by atoms with Gasteiger partial charge < -0.3 is 20.4 Å². The van der Waals surface area contributed by atoms with Crippen LogP contribution >= 0.6 is 22.6 Å². The van der Waals surface area contributed by atoms with Gasteiger partial charge in [-0.3, -0.25) is 9.59 Å². The first kappa shape index (κ1) is 16.1. The first-order chi connectivity index (χ1) is 9.29.